The Morgan fingerprint density at radius 1 is 1.38 bits per heavy atom. The van der Waals surface area contributed by atoms with Gasteiger partial charge in [-0.1, -0.05) is 22.9 Å². The molecule has 1 aromatic heterocycles. The summed E-state index contributed by atoms with van der Waals surface area (Å²) < 4.78 is 1.99. The van der Waals surface area contributed by atoms with Gasteiger partial charge in [0, 0.05) is 23.3 Å². The van der Waals surface area contributed by atoms with Crippen LogP contribution in [0.25, 0.3) is 6.08 Å². The van der Waals surface area contributed by atoms with Gasteiger partial charge in [0.1, 0.15) is 4.53 Å². The Morgan fingerprint density at radius 2 is 2.10 bits per heavy atom. The molecule has 2 heterocycles. The summed E-state index contributed by atoms with van der Waals surface area (Å²) in [7, 11) is 0. The molecule has 5 nitrogen and oxygen atoms in total. The molecule has 0 saturated carbocycles. The van der Waals surface area contributed by atoms with Gasteiger partial charge >= 0.3 is 0 Å². The lowest BCUT2D eigenvalue weighted by molar-refractivity contribution is -0.110. The van der Waals surface area contributed by atoms with Crippen molar-refractivity contribution >= 4 is 40.6 Å². The lowest BCUT2D eigenvalue weighted by Crippen LogP contribution is -3.00. The molecule has 1 aromatic carbocycles. The minimum absolute atomic E-state index is 0. The van der Waals surface area contributed by atoms with E-state index in [4.69, 9.17) is 11.6 Å². The van der Waals surface area contributed by atoms with Gasteiger partial charge < -0.3 is 22.3 Å². The van der Waals surface area contributed by atoms with Crippen LogP contribution >= 0.6 is 22.9 Å². The molecule has 0 unspecified atom stereocenters. The minimum atomic E-state index is -0.343. The molecule has 0 fully saturated rings. The first-order chi connectivity index (χ1) is 9.63. The predicted octanol–water partition coefficient (Wildman–Crippen LogP) is -2.38. The fourth-order valence-corrected chi connectivity index (χ4v) is 3.03. The summed E-state index contributed by atoms with van der Waals surface area (Å²) in [6.07, 6.45) is 1.31. The summed E-state index contributed by atoms with van der Waals surface area (Å²) in [6.45, 7) is 1.23. The highest BCUT2D eigenvalue weighted by molar-refractivity contribution is 7.07. The van der Waals surface area contributed by atoms with Crippen molar-refractivity contribution in [3.05, 3.63) is 49.0 Å². The fraction of sp³-hybridized carbons (Fsp3) is 0.154. The molecule has 0 atom stereocenters. The van der Waals surface area contributed by atoms with Gasteiger partial charge in [-0.3, -0.25) is 19.1 Å². The van der Waals surface area contributed by atoms with E-state index in [2.05, 4.69) is 10.3 Å². The summed E-state index contributed by atoms with van der Waals surface area (Å²) in [5, 5.41) is 3.28. The first kappa shape index (κ1) is 15.9. The summed E-state index contributed by atoms with van der Waals surface area (Å²) in [4.78, 5) is 28.7. The number of anilines is 1. The van der Waals surface area contributed by atoms with Crippen LogP contribution in [0.5, 0.6) is 0 Å². The van der Waals surface area contributed by atoms with E-state index in [1.165, 1.54) is 17.4 Å². The maximum atomic E-state index is 12.0. The molecule has 0 bridgehead atoms. The van der Waals surface area contributed by atoms with Crippen LogP contribution < -0.4 is 37.2 Å². The molecule has 21 heavy (non-hydrogen) atoms. The monoisotopic (exact) mass is 386 g/mol. The third kappa shape index (κ3) is 3.42. The third-order valence-corrected chi connectivity index (χ3v) is 4.13. The van der Waals surface area contributed by atoms with Crippen molar-refractivity contribution in [3.63, 3.8) is 0 Å². The lowest BCUT2D eigenvalue weighted by atomic mass is 10.3. The molecule has 1 aliphatic rings. The molecule has 1 N–H and O–H groups in total. The zero-order valence-electron chi connectivity index (χ0n) is 10.7. The molecule has 0 radical (unpaired) electrons. The molecule has 3 rings (SSSR count). The van der Waals surface area contributed by atoms with E-state index in [0.29, 0.717) is 33.1 Å². The Bertz CT molecular complexity index is 842. The summed E-state index contributed by atoms with van der Waals surface area (Å²) >= 11 is 7.00. The average Bonchev–Trinajstić information content (AvgIpc) is 2.97. The number of amides is 1. The number of thiazole rings is 1. The number of carbonyl (C=O) groups excluding carboxylic acids is 1. The number of fused-ring (bicyclic) bond motifs is 1. The van der Waals surface area contributed by atoms with Gasteiger partial charge in [0.2, 0.25) is 5.91 Å². The minimum Gasteiger partial charge on any atom is -1.00 e. The standard InChI is InChI=1S/C13H10ClN3O2S.BrH/c14-8-1-3-9(4-2-8)16-11(18)7-10-12(19)17-6-5-15-13(17)20-10;/h1-4,7H,5-6H2,(H,16,18);1H/p-1/b10-7-;. The number of nitrogens with zero attached hydrogens (tertiary/aromatic N) is 2. The van der Waals surface area contributed by atoms with Gasteiger partial charge in [0.05, 0.1) is 6.54 Å². The number of hydrogen-bond donors (Lipinski definition) is 1. The molecule has 8 heteroatoms. The molecule has 1 amide bonds. The van der Waals surface area contributed by atoms with Crippen LogP contribution in [0.1, 0.15) is 0 Å². The van der Waals surface area contributed by atoms with Crippen molar-refractivity contribution in [2.75, 3.05) is 11.9 Å². The lowest BCUT2D eigenvalue weighted by Gasteiger charge is -2.00. The van der Waals surface area contributed by atoms with Crippen LogP contribution in [0, 0.1) is 0 Å². The van der Waals surface area contributed by atoms with Crippen LogP contribution in [0.3, 0.4) is 0 Å². The van der Waals surface area contributed by atoms with Gasteiger partial charge in [-0.15, -0.1) is 0 Å². The average molecular weight is 388 g/mol. The predicted molar refractivity (Wildman–Crippen MR) is 78.8 cm³/mol. The molecule has 0 aliphatic carbocycles. The topological polar surface area (TPSA) is 63.5 Å². The van der Waals surface area contributed by atoms with Crippen LogP contribution in [0.4, 0.5) is 5.69 Å². The van der Waals surface area contributed by atoms with Gasteiger partial charge in [0.25, 0.3) is 5.56 Å². The van der Waals surface area contributed by atoms with E-state index in [-0.39, 0.29) is 28.4 Å². The zero-order valence-corrected chi connectivity index (χ0v) is 13.8. The highest BCUT2D eigenvalue weighted by Crippen LogP contribution is 2.13. The van der Waals surface area contributed by atoms with Crippen molar-refractivity contribution in [2.24, 2.45) is 4.99 Å². The molecule has 110 valence electrons. The molecule has 1 aliphatic heterocycles. The Hall–Kier alpha value is -1.44. The Balaban J connectivity index is 0.00000161. The second-order valence-electron chi connectivity index (χ2n) is 4.23. The maximum Gasteiger partial charge on any atom is 0.270 e. The second-order valence-corrected chi connectivity index (χ2v) is 5.67. The van der Waals surface area contributed by atoms with E-state index >= 15 is 0 Å². The Morgan fingerprint density at radius 3 is 2.76 bits per heavy atom. The molecular formula is C13H10BrClN3O2S-. The summed E-state index contributed by atoms with van der Waals surface area (Å²) in [5.41, 5.74) is 0.474. The van der Waals surface area contributed by atoms with E-state index in [0.717, 1.165) is 0 Å². The number of hydrogen-bond acceptors (Lipinski definition) is 4. The van der Waals surface area contributed by atoms with Crippen LogP contribution in [-0.4, -0.2) is 17.0 Å². The quantitative estimate of drug-likeness (QED) is 0.626. The largest absolute Gasteiger partial charge is 1.00 e. The molecule has 0 spiro atoms. The van der Waals surface area contributed by atoms with Gasteiger partial charge in [-0.25, -0.2) is 0 Å². The first-order valence-electron chi connectivity index (χ1n) is 5.96. The van der Waals surface area contributed by atoms with Crippen molar-refractivity contribution in [3.8, 4) is 0 Å². The fourth-order valence-electron chi connectivity index (χ4n) is 1.90. The number of benzene rings is 1. The summed E-state index contributed by atoms with van der Waals surface area (Å²) in [5.74, 6) is -0.343. The van der Waals surface area contributed by atoms with Crippen molar-refractivity contribution in [1.82, 2.24) is 4.57 Å². The van der Waals surface area contributed by atoms with E-state index in [1.807, 2.05) is 0 Å². The molecule has 2 aromatic rings. The van der Waals surface area contributed by atoms with E-state index in [9.17, 15) is 9.59 Å². The smallest absolute Gasteiger partial charge is 0.270 e. The van der Waals surface area contributed by atoms with Gasteiger partial charge in [-0.2, -0.15) is 0 Å². The molecule has 0 saturated heterocycles. The van der Waals surface area contributed by atoms with E-state index < -0.39 is 0 Å². The second kappa shape index (κ2) is 6.55. The molecular weight excluding hydrogens is 378 g/mol. The highest BCUT2D eigenvalue weighted by atomic mass is 79.9. The maximum absolute atomic E-state index is 12.0. The number of halogens is 2. The van der Waals surface area contributed by atoms with Crippen molar-refractivity contribution in [2.45, 2.75) is 6.54 Å². The number of carbonyl (C=O) groups is 1. The Kier molecular flexibility index (Phi) is 4.97. The highest BCUT2D eigenvalue weighted by Gasteiger charge is 2.10. The number of aromatic nitrogens is 1. The van der Waals surface area contributed by atoms with Crippen LogP contribution in [-0.2, 0) is 11.3 Å². The van der Waals surface area contributed by atoms with Crippen LogP contribution in [0.15, 0.2) is 34.1 Å². The van der Waals surface area contributed by atoms with Gasteiger partial charge in [0.15, 0.2) is 4.80 Å². The SMILES string of the molecule is O=C(/C=c1\sc2n(c1=O)CCN=2)Nc1ccc(Cl)cc1.[Br-]. The Labute approximate surface area is 139 Å². The normalized spacial score (nSPS) is 13.3. The third-order valence-electron chi connectivity index (χ3n) is 2.83. The summed E-state index contributed by atoms with van der Waals surface area (Å²) in [6, 6.07) is 6.77. The van der Waals surface area contributed by atoms with Crippen molar-refractivity contribution in [1.29, 1.82) is 0 Å². The van der Waals surface area contributed by atoms with Crippen molar-refractivity contribution < 1.29 is 21.8 Å². The van der Waals surface area contributed by atoms with E-state index in [1.54, 1.807) is 28.8 Å². The van der Waals surface area contributed by atoms with Gasteiger partial charge in [-0.05, 0) is 24.3 Å². The zero-order chi connectivity index (χ0) is 14.1. The number of rotatable bonds is 2. The van der Waals surface area contributed by atoms with Crippen LogP contribution in [0.2, 0.25) is 5.02 Å². The first-order valence-corrected chi connectivity index (χ1v) is 7.15. The number of nitrogens with one attached hydrogen (secondary N) is 1.